The van der Waals surface area contributed by atoms with Gasteiger partial charge in [-0.3, -0.25) is 0 Å². The van der Waals surface area contributed by atoms with Crippen molar-refractivity contribution in [1.82, 2.24) is 0 Å². The van der Waals surface area contributed by atoms with Gasteiger partial charge < -0.3 is 15.6 Å². The highest BCUT2D eigenvalue weighted by atomic mass is 16.5. The number of ether oxygens (including phenoxy) is 1. The molecule has 1 aliphatic rings. The Kier molecular flexibility index (Phi) is 2.91. The molecule has 0 heterocycles. The molecule has 3 heteroatoms. The lowest BCUT2D eigenvalue weighted by Crippen LogP contribution is -2.28. The highest BCUT2D eigenvalue weighted by molar-refractivity contribution is 5.44. The SMILES string of the molecule is CC(C)(O)COc1cccc2c1CCC2N. The van der Waals surface area contributed by atoms with Crippen LogP contribution in [0.2, 0.25) is 0 Å². The molecule has 0 spiro atoms. The molecule has 0 bridgehead atoms. The molecule has 1 aromatic rings. The number of aliphatic hydroxyl groups is 1. The number of benzene rings is 1. The van der Waals surface area contributed by atoms with E-state index in [1.54, 1.807) is 13.8 Å². The van der Waals surface area contributed by atoms with Crippen molar-refractivity contribution in [3.05, 3.63) is 29.3 Å². The molecular formula is C13H19NO2. The van der Waals surface area contributed by atoms with E-state index in [1.807, 2.05) is 12.1 Å². The van der Waals surface area contributed by atoms with Gasteiger partial charge in [0, 0.05) is 6.04 Å². The normalized spacial score (nSPS) is 19.6. The molecule has 0 radical (unpaired) electrons. The minimum atomic E-state index is -0.802. The maximum Gasteiger partial charge on any atom is 0.122 e. The van der Waals surface area contributed by atoms with Crippen molar-refractivity contribution in [2.45, 2.75) is 38.3 Å². The van der Waals surface area contributed by atoms with Crippen LogP contribution in [0, 0.1) is 0 Å². The van der Waals surface area contributed by atoms with Crippen molar-refractivity contribution in [2.24, 2.45) is 5.73 Å². The second-order valence-corrected chi connectivity index (χ2v) is 5.07. The molecule has 3 nitrogen and oxygen atoms in total. The highest BCUT2D eigenvalue weighted by Crippen LogP contribution is 2.35. The molecule has 16 heavy (non-hydrogen) atoms. The molecule has 0 aromatic heterocycles. The van der Waals surface area contributed by atoms with Crippen LogP contribution in [-0.4, -0.2) is 17.3 Å². The Labute approximate surface area is 96.2 Å². The largest absolute Gasteiger partial charge is 0.490 e. The van der Waals surface area contributed by atoms with Crippen molar-refractivity contribution in [3.63, 3.8) is 0 Å². The Balaban J connectivity index is 2.17. The second-order valence-electron chi connectivity index (χ2n) is 5.07. The summed E-state index contributed by atoms with van der Waals surface area (Å²) < 4.78 is 5.66. The Morgan fingerprint density at radius 3 is 2.94 bits per heavy atom. The lowest BCUT2D eigenvalue weighted by atomic mass is 10.1. The first-order chi connectivity index (χ1) is 7.47. The van der Waals surface area contributed by atoms with Crippen LogP contribution in [0.5, 0.6) is 5.75 Å². The summed E-state index contributed by atoms with van der Waals surface area (Å²) in [5.41, 5.74) is 7.59. The minimum absolute atomic E-state index is 0.140. The van der Waals surface area contributed by atoms with Crippen molar-refractivity contribution >= 4 is 0 Å². The van der Waals surface area contributed by atoms with Crippen LogP contribution in [0.1, 0.15) is 37.4 Å². The van der Waals surface area contributed by atoms with Crippen molar-refractivity contribution in [3.8, 4) is 5.75 Å². The third kappa shape index (κ3) is 2.36. The molecule has 88 valence electrons. The van der Waals surface area contributed by atoms with Crippen LogP contribution >= 0.6 is 0 Å². The fourth-order valence-corrected chi connectivity index (χ4v) is 2.04. The summed E-state index contributed by atoms with van der Waals surface area (Å²) in [5, 5.41) is 9.63. The van der Waals surface area contributed by atoms with E-state index in [0.717, 1.165) is 18.6 Å². The zero-order valence-corrected chi connectivity index (χ0v) is 9.86. The minimum Gasteiger partial charge on any atom is -0.490 e. The zero-order valence-electron chi connectivity index (χ0n) is 9.86. The summed E-state index contributed by atoms with van der Waals surface area (Å²) in [6.07, 6.45) is 1.96. The quantitative estimate of drug-likeness (QED) is 0.818. The van der Waals surface area contributed by atoms with Gasteiger partial charge in [0.1, 0.15) is 12.4 Å². The Hall–Kier alpha value is -1.06. The first-order valence-corrected chi connectivity index (χ1v) is 5.70. The maximum absolute atomic E-state index is 9.63. The third-order valence-corrected chi connectivity index (χ3v) is 2.85. The molecule has 0 aliphatic heterocycles. The lowest BCUT2D eigenvalue weighted by molar-refractivity contribution is 0.0282. The molecular weight excluding hydrogens is 202 g/mol. The monoisotopic (exact) mass is 221 g/mol. The van der Waals surface area contributed by atoms with E-state index in [-0.39, 0.29) is 6.04 Å². The summed E-state index contributed by atoms with van der Waals surface area (Å²) in [5.74, 6) is 0.868. The maximum atomic E-state index is 9.63. The fraction of sp³-hybridized carbons (Fsp3) is 0.538. The van der Waals surface area contributed by atoms with Gasteiger partial charge in [0.25, 0.3) is 0 Å². The smallest absolute Gasteiger partial charge is 0.122 e. The van der Waals surface area contributed by atoms with Gasteiger partial charge in [0.15, 0.2) is 0 Å². The lowest BCUT2D eigenvalue weighted by Gasteiger charge is -2.19. The summed E-state index contributed by atoms with van der Waals surface area (Å²) >= 11 is 0. The van der Waals surface area contributed by atoms with Crippen LogP contribution in [0.4, 0.5) is 0 Å². The van der Waals surface area contributed by atoms with Crippen LogP contribution in [0.25, 0.3) is 0 Å². The summed E-state index contributed by atoms with van der Waals surface area (Å²) in [4.78, 5) is 0. The molecule has 1 aliphatic carbocycles. The van der Waals surface area contributed by atoms with Gasteiger partial charge in [-0.25, -0.2) is 0 Å². The number of hydrogen-bond donors (Lipinski definition) is 2. The van der Waals surface area contributed by atoms with Crippen LogP contribution in [0.15, 0.2) is 18.2 Å². The van der Waals surface area contributed by atoms with Gasteiger partial charge in [-0.15, -0.1) is 0 Å². The second kappa shape index (κ2) is 4.07. The van der Waals surface area contributed by atoms with E-state index in [2.05, 4.69) is 6.07 Å². The average molecular weight is 221 g/mol. The summed E-state index contributed by atoms with van der Waals surface area (Å²) in [7, 11) is 0. The molecule has 0 saturated carbocycles. The van der Waals surface area contributed by atoms with Crippen LogP contribution in [-0.2, 0) is 6.42 Å². The Bertz CT molecular complexity index is 382. The van der Waals surface area contributed by atoms with E-state index in [0.29, 0.717) is 6.61 Å². The predicted octanol–water partition coefficient (Wildman–Crippen LogP) is 1.78. The standard InChI is InChI=1S/C13H19NO2/c1-13(2,15)8-16-12-5-3-4-9-10(12)6-7-11(9)14/h3-5,11,15H,6-8,14H2,1-2H3. The molecule has 1 unspecified atom stereocenters. The van der Waals surface area contributed by atoms with Gasteiger partial charge in [0.2, 0.25) is 0 Å². The molecule has 0 fully saturated rings. The molecule has 1 atom stereocenters. The highest BCUT2D eigenvalue weighted by Gasteiger charge is 2.23. The molecule has 3 N–H and O–H groups in total. The number of rotatable bonds is 3. The molecule has 2 rings (SSSR count). The summed E-state index contributed by atoms with van der Waals surface area (Å²) in [6, 6.07) is 6.11. The van der Waals surface area contributed by atoms with Crippen LogP contribution in [0.3, 0.4) is 0 Å². The van der Waals surface area contributed by atoms with E-state index < -0.39 is 5.60 Å². The third-order valence-electron chi connectivity index (χ3n) is 2.85. The van der Waals surface area contributed by atoms with E-state index in [9.17, 15) is 5.11 Å². The van der Waals surface area contributed by atoms with Crippen molar-refractivity contribution in [1.29, 1.82) is 0 Å². The van der Waals surface area contributed by atoms with Gasteiger partial charge in [-0.2, -0.15) is 0 Å². The summed E-state index contributed by atoms with van der Waals surface area (Å²) in [6.45, 7) is 3.78. The van der Waals surface area contributed by atoms with E-state index >= 15 is 0 Å². The topological polar surface area (TPSA) is 55.5 Å². The van der Waals surface area contributed by atoms with E-state index in [4.69, 9.17) is 10.5 Å². The van der Waals surface area contributed by atoms with Gasteiger partial charge in [0.05, 0.1) is 5.60 Å². The van der Waals surface area contributed by atoms with Crippen LogP contribution < -0.4 is 10.5 Å². The van der Waals surface area contributed by atoms with Gasteiger partial charge in [-0.05, 0) is 43.9 Å². The first kappa shape index (κ1) is 11.4. The van der Waals surface area contributed by atoms with Gasteiger partial charge >= 0.3 is 0 Å². The fourth-order valence-electron chi connectivity index (χ4n) is 2.04. The zero-order chi connectivity index (χ0) is 11.8. The first-order valence-electron chi connectivity index (χ1n) is 5.70. The van der Waals surface area contributed by atoms with Crippen molar-refractivity contribution < 1.29 is 9.84 Å². The molecule has 0 saturated heterocycles. The van der Waals surface area contributed by atoms with Gasteiger partial charge in [-0.1, -0.05) is 12.1 Å². The number of hydrogen-bond acceptors (Lipinski definition) is 3. The molecule has 0 amide bonds. The van der Waals surface area contributed by atoms with E-state index in [1.165, 1.54) is 11.1 Å². The Morgan fingerprint density at radius 1 is 1.50 bits per heavy atom. The predicted molar refractivity (Wildman–Crippen MR) is 63.5 cm³/mol. The molecule has 1 aromatic carbocycles. The Morgan fingerprint density at radius 2 is 2.25 bits per heavy atom. The number of fused-ring (bicyclic) bond motifs is 1. The number of nitrogens with two attached hydrogens (primary N) is 1. The average Bonchev–Trinajstić information content (AvgIpc) is 2.57. The van der Waals surface area contributed by atoms with Crippen molar-refractivity contribution in [2.75, 3.05) is 6.61 Å².